The Morgan fingerprint density at radius 3 is 2.21 bits per heavy atom. The molecule has 0 N–H and O–H groups in total. The number of halogens is 3. The summed E-state index contributed by atoms with van der Waals surface area (Å²) in [6.45, 7) is 0.294. The predicted molar refractivity (Wildman–Crippen MR) is 96.9 cm³/mol. The van der Waals surface area contributed by atoms with Crippen molar-refractivity contribution in [3.8, 4) is 11.5 Å². The summed E-state index contributed by atoms with van der Waals surface area (Å²) in [5.41, 5.74) is -0.144. The van der Waals surface area contributed by atoms with E-state index in [4.69, 9.17) is 9.47 Å². The first-order valence-corrected chi connectivity index (χ1v) is 10.0. The van der Waals surface area contributed by atoms with Crippen molar-refractivity contribution >= 4 is 10.0 Å². The van der Waals surface area contributed by atoms with Crippen LogP contribution >= 0.6 is 0 Å². The SMILES string of the molecule is COc1ccc([C@H]2CCCN2S(=O)(=O)c2ccc(C(F)(F)F)cc2)cc1OC. The lowest BCUT2D eigenvalue weighted by atomic mass is 10.0. The van der Waals surface area contributed by atoms with E-state index in [9.17, 15) is 21.6 Å². The molecule has 1 aliphatic rings. The standard InChI is InChI=1S/C19H20F3NO4S/c1-26-17-10-5-13(12-18(17)27-2)16-4-3-11-23(16)28(24,25)15-8-6-14(7-9-15)19(20,21)22/h5-10,12,16H,3-4,11H2,1-2H3/t16-/m1/s1. The number of sulfonamides is 1. The monoisotopic (exact) mass is 415 g/mol. The van der Waals surface area contributed by atoms with Crippen molar-refractivity contribution < 1.29 is 31.1 Å². The summed E-state index contributed by atoms with van der Waals surface area (Å²) >= 11 is 0. The number of rotatable bonds is 5. The van der Waals surface area contributed by atoms with E-state index in [1.165, 1.54) is 18.5 Å². The fourth-order valence-corrected chi connectivity index (χ4v) is 5.05. The van der Waals surface area contributed by atoms with Crippen molar-refractivity contribution in [2.45, 2.75) is 30.0 Å². The summed E-state index contributed by atoms with van der Waals surface area (Å²) in [5, 5.41) is 0. The molecule has 1 heterocycles. The summed E-state index contributed by atoms with van der Waals surface area (Å²) in [4.78, 5) is -0.159. The van der Waals surface area contributed by atoms with Crippen molar-refractivity contribution in [2.24, 2.45) is 0 Å². The minimum atomic E-state index is -4.52. The Hall–Kier alpha value is -2.26. The number of alkyl halides is 3. The van der Waals surface area contributed by atoms with Crippen LogP contribution < -0.4 is 9.47 Å². The highest BCUT2D eigenvalue weighted by Crippen LogP contribution is 2.40. The van der Waals surface area contributed by atoms with Crippen LogP contribution in [0.2, 0.25) is 0 Å². The lowest BCUT2D eigenvalue weighted by Gasteiger charge is -2.25. The number of hydrogen-bond donors (Lipinski definition) is 0. The van der Waals surface area contributed by atoms with Crippen LogP contribution in [0.1, 0.15) is 30.0 Å². The van der Waals surface area contributed by atoms with Crippen LogP contribution in [0.15, 0.2) is 47.4 Å². The molecule has 1 atom stereocenters. The van der Waals surface area contributed by atoms with Gasteiger partial charge in [0.1, 0.15) is 0 Å². The van der Waals surface area contributed by atoms with Crippen LogP contribution in [0.5, 0.6) is 11.5 Å². The summed E-state index contributed by atoms with van der Waals surface area (Å²) in [7, 11) is -0.938. The Morgan fingerprint density at radius 1 is 1.00 bits per heavy atom. The number of benzene rings is 2. The van der Waals surface area contributed by atoms with Gasteiger partial charge in [-0.15, -0.1) is 0 Å². The van der Waals surface area contributed by atoms with E-state index in [0.29, 0.717) is 30.9 Å². The maximum atomic E-state index is 13.0. The lowest BCUT2D eigenvalue weighted by molar-refractivity contribution is -0.137. The Bertz CT molecular complexity index is 943. The number of hydrogen-bond acceptors (Lipinski definition) is 4. The van der Waals surface area contributed by atoms with Gasteiger partial charge in [0.2, 0.25) is 10.0 Å². The van der Waals surface area contributed by atoms with Gasteiger partial charge < -0.3 is 9.47 Å². The smallest absolute Gasteiger partial charge is 0.416 e. The molecule has 0 bridgehead atoms. The molecule has 0 aliphatic carbocycles. The van der Waals surface area contributed by atoms with Gasteiger partial charge in [-0.2, -0.15) is 17.5 Å². The molecule has 1 fully saturated rings. The van der Waals surface area contributed by atoms with Gasteiger partial charge in [-0.3, -0.25) is 0 Å². The highest BCUT2D eigenvalue weighted by molar-refractivity contribution is 7.89. The third-order valence-corrected chi connectivity index (χ3v) is 6.71. The van der Waals surface area contributed by atoms with Crippen molar-refractivity contribution in [2.75, 3.05) is 20.8 Å². The number of nitrogens with zero attached hydrogens (tertiary/aromatic N) is 1. The second kappa shape index (κ2) is 7.63. The topological polar surface area (TPSA) is 55.8 Å². The largest absolute Gasteiger partial charge is 0.493 e. The van der Waals surface area contributed by atoms with Gasteiger partial charge >= 0.3 is 6.18 Å². The molecule has 0 aromatic heterocycles. The molecule has 152 valence electrons. The fourth-order valence-electron chi connectivity index (χ4n) is 3.37. The van der Waals surface area contributed by atoms with Crippen LogP contribution in [0.4, 0.5) is 13.2 Å². The number of methoxy groups -OCH3 is 2. The molecule has 2 aromatic rings. The molecule has 0 saturated carbocycles. The van der Waals surface area contributed by atoms with Crippen LogP contribution in [-0.2, 0) is 16.2 Å². The van der Waals surface area contributed by atoms with Gasteiger partial charge in [-0.25, -0.2) is 8.42 Å². The van der Waals surface area contributed by atoms with E-state index in [1.54, 1.807) is 18.2 Å². The normalized spacial score (nSPS) is 18.2. The average molecular weight is 415 g/mol. The van der Waals surface area contributed by atoms with Crippen LogP contribution in [0.3, 0.4) is 0 Å². The third-order valence-electron chi connectivity index (χ3n) is 4.78. The average Bonchev–Trinajstić information content (AvgIpc) is 3.17. The van der Waals surface area contributed by atoms with Gasteiger partial charge in [0.15, 0.2) is 11.5 Å². The lowest BCUT2D eigenvalue weighted by Crippen LogP contribution is -2.30. The predicted octanol–water partition coefficient (Wildman–Crippen LogP) is 4.25. The molecular formula is C19H20F3NO4S. The van der Waals surface area contributed by atoms with E-state index in [-0.39, 0.29) is 4.90 Å². The van der Waals surface area contributed by atoms with Gasteiger partial charge in [0, 0.05) is 6.54 Å². The first-order valence-electron chi connectivity index (χ1n) is 8.59. The van der Waals surface area contributed by atoms with Crippen LogP contribution in [-0.4, -0.2) is 33.5 Å². The summed E-state index contributed by atoms with van der Waals surface area (Å²) < 4.78 is 76.2. The fraction of sp³-hybridized carbons (Fsp3) is 0.368. The zero-order chi connectivity index (χ0) is 20.5. The number of ether oxygens (including phenoxy) is 2. The minimum absolute atomic E-state index is 0.159. The highest BCUT2D eigenvalue weighted by Gasteiger charge is 2.37. The summed E-state index contributed by atoms with van der Waals surface area (Å²) in [6.07, 6.45) is -3.26. The molecule has 5 nitrogen and oxygen atoms in total. The molecule has 0 amide bonds. The second-order valence-electron chi connectivity index (χ2n) is 6.41. The van der Waals surface area contributed by atoms with Gasteiger partial charge in [0.05, 0.1) is 30.7 Å². The molecule has 1 aliphatic heterocycles. The Labute approximate surface area is 161 Å². The summed E-state index contributed by atoms with van der Waals surface area (Å²) in [5.74, 6) is 1.01. The molecule has 9 heteroatoms. The Balaban J connectivity index is 1.93. The molecular weight excluding hydrogens is 395 g/mol. The zero-order valence-electron chi connectivity index (χ0n) is 15.4. The molecule has 0 radical (unpaired) electrons. The van der Waals surface area contributed by atoms with Crippen molar-refractivity contribution in [1.82, 2.24) is 4.31 Å². The summed E-state index contributed by atoms with van der Waals surface area (Å²) in [6, 6.07) is 8.35. The first-order chi connectivity index (χ1) is 13.2. The first kappa shape index (κ1) is 20.5. The molecule has 2 aromatic carbocycles. The molecule has 28 heavy (non-hydrogen) atoms. The highest BCUT2D eigenvalue weighted by atomic mass is 32.2. The van der Waals surface area contributed by atoms with Crippen LogP contribution in [0.25, 0.3) is 0 Å². The quantitative estimate of drug-likeness (QED) is 0.733. The molecule has 1 saturated heterocycles. The maximum Gasteiger partial charge on any atom is 0.416 e. The van der Waals surface area contributed by atoms with Crippen molar-refractivity contribution in [3.63, 3.8) is 0 Å². The maximum absolute atomic E-state index is 13.0. The zero-order valence-corrected chi connectivity index (χ0v) is 16.2. The molecule has 0 spiro atoms. The van der Waals surface area contributed by atoms with Crippen molar-refractivity contribution in [1.29, 1.82) is 0 Å². The van der Waals surface area contributed by atoms with Crippen LogP contribution in [0, 0.1) is 0 Å². The van der Waals surface area contributed by atoms with E-state index in [1.807, 2.05) is 0 Å². The molecule has 0 unspecified atom stereocenters. The third kappa shape index (κ3) is 3.81. The van der Waals surface area contributed by atoms with E-state index in [2.05, 4.69) is 0 Å². The minimum Gasteiger partial charge on any atom is -0.493 e. The molecule has 3 rings (SSSR count). The van der Waals surface area contributed by atoms with E-state index < -0.39 is 27.8 Å². The van der Waals surface area contributed by atoms with Gasteiger partial charge in [-0.05, 0) is 54.8 Å². The second-order valence-corrected chi connectivity index (χ2v) is 8.30. The van der Waals surface area contributed by atoms with E-state index in [0.717, 1.165) is 29.8 Å². The Morgan fingerprint density at radius 2 is 1.64 bits per heavy atom. The van der Waals surface area contributed by atoms with Gasteiger partial charge in [0.25, 0.3) is 0 Å². The Kier molecular flexibility index (Phi) is 5.58. The van der Waals surface area contributed by atoms with Gasteiger partial charge in [-0.1, -0.05) is 6.07 Å². The van der Waals surface area contributed by atoms with E-state index >= 15 is 0 Å². The van der Waals surface area contributed by atoms with Crippen molar-refractivity contribution in [3.05, 3.63) is 53.6 Å².